The summed E-state index contributed by atoms with van der Waals surface area (Å²) in [5.74, 6) is -0.411. The molecule has 0 bridgehead atoms. The fraction of sp³-hybridized carbons (Fsp3) is 0.435. The van der Waals surface area contributed by atoms with Crippen molar-refractivity contribution in [3.05, 3.63) is 58.9 Å². The molecular formula is C23H29ClFN3O3. The summed E-state index contributed by atoms with van der Waals surface area (Å²) in [7, 11) is 0. The number of carbonyl (C=O) groups is 1. The van der Waals surface area contributed by atoms with Gasteiger partial charge in [-0.15, -0.1) is 0 Å². The van der Waals surface area contributed by atoms with E-state index in [-0.39, 0.29) is 30.9 Å². The molecule has 168 valence electrons. The molecule has 3 rings (SSSR count). The van der Waals surface area contributed by atoms with Gasteiger partial charge in [0.2, 0.25) is 5.91 Å². The van der Waals surface area contributed by atoms with Gasteiger partial charge in [-0.1, -0.05) is 29.8 Å². The Morgan fingerprint density at radius 2 is 2.10 bits per heavy atom. The highest BCUT2D eigenvalue weighted by Crippen LogP contribution is 2.23. The average molecular weight is 450 g/mol. The van der Waals surface area contributed by atoms with Gasteiger partial charge in [-0.2, -0.15) is 0 Å². The summed E-state index contributed by atoms with van der Waals surface area (Å²) in [4.78, 5) is 16.7. The second-order valence-electron chi connectivity index (χ2n) is 8.01. The first-order chi connectivity index (χ1) is 14.8. The van der Waals surface area contributed by atoms with Crippen molar-refractivity contribution in [2.45, 2.75) is 26.0 Å². The smallest absolute Gasteiger partial charge is 0.238 e. The second-order valence-corrected chi connectivity index (χ2v) is 8.41. The minimum Gasteiger partial charge on any atom is -0.488 e. The van der Waals surface area contributed by atoms with Gasteiger partial charge in [0.05, 0.1) is 17.3 Å². The van der Waals surface area contributed by atoms with E-state index in [2.05, 4.69) is 22.0 Å². The third-order valence-corrected chi connectivity index (χ3v) is 5.64. The van der Waals surface area contributed by atoms with Gasteiger partial charge in [-0.05, 0) is 43.7 Å². The number of β-amino-alcohol motifs (C(OH)–C–C–N with tert-alkyl or cyclic N) is 1. The number of halogens is 2. The van der Waals surface area contributed by atoms with Crippen molar-refractivity contribution in [3.8, 4) is 5.75 Å². The molecule has 0 aliphatic carbocycles. The number of ether oxygens (including phenoxy) is 1. The van der Waals surface area contributed by atoms with Crippen molar-refractivity contribution in [2.24, 2.45) is 0 Å². The summed E-state index contributed by atoms with van der Waals surface area (Å²) < 4.78 is 19.0. The maximum absolute atomic E-state index is 13.6. The lowest BCUT2D eigenvalue weighted by atomic mass is 10.1. The molecule has 1 heterocycles. The largest absolute Gasteiger partial charge is 0.488 e. The van der Waals surface area contributed by atoms with E-state index in [1.165, 1.54) is 12.1 Å². The Balaban J connectivity index is 1.42. The molecule has 31 heavy (non-hydrogen) atoms. The molecule has 8 heteroatoms. The molecule has 1 saturated heterocycles. The summed E-state index contributed by atoms with van der Waals surface area (Å²) in [5, 5.41) is 13.7. The molecule has 1 aliphatic heterocycles. The minimum absolute atomic E-state index is 0.0214. The van der Waals surface area contributed by atoms with Crippen molar-refractivity contribution >= 4 is 23.2 Å². The maximum Gasteiger partial charge on any atom is 0.238 e. The molecule has 2 aromatic rings. The molecule has 2 aromatic carbocycles. The standard InChI is InChI=1S/C23H29ClFN3O3/c1-16-7-8-21(19(24)11-16)26-23(30)14-27-9-10-28(17(2)12-27)13-18(29)15-31-22-6-4-3-5-20(22)25/h3-8,11,17-18,29H,9-10,12-15H2,1-2H3,(H,26,30)/t17-,18-/m0/s1. The lowest BCUT2D eigenvalue weighted by Gasteiger charge is -2.40. The monoisotopic (exact) mass is 449 g/mol. The van der Waals surface area contributed by atoms with E-state index in [1.807, 2.05) is 19.1 Å². The summed E-state index contributed by atoms with van der Waals surface area (Å²) in [6, 6.07) is 11.8. The number of aryl methyl sites for hydroxylation is 1. The number of aliphatic hydroxyl groups excluding tert-OH is 1. The van der Waals surface area contributed by atoms with Crippen LogP contribution in [0, 0.1) is 12.7 Å². The van der Waals surface area contributed by atoms with Crippen LogP contribution in [-0.2, 0) is 4.79 Å². The van der Waals surface area contributed by atoms with E-state index < -0.39 is 11.9 Å². The molecule has 6 nitrogen and oxygen atoms in total. The van der Waals surface area contributed by atoms with Crippen molar-refractivity contribution in [3.63, 3.8) is 0 Å². The number of amides is 1. The van der Waals surface area contributed by atoms with Crippen LogP contribution in [0.3, 0.4) is 0 Å². The van der Waals surface area contributed by atoms with Crippen molar-refractivity contribution in [2.75, 3.05) is 44.6 Å². The summed E-state index contributed by atoms with van der Waals surface area (Å²) >= 11 is 6.19. The fourth-order valence-corrected chi connectivity index (χ4v) is 3.95. The van der Waals surface area contributed by atoms with Gasteiger partial charge < -0.3 is 15.2 Å². The second kappa shape index (κ2) is 10.9. The van der Waals surface area contributed by atoms with E-state index in [1.54, 1.807) is 18.2 Å². The van der Waals surface area contributed by atoms with E-state index in [4.69, 9.17) is 16.3 Å². The Morgan fingerprint density at radius 3 is 2.81 bits per heavy atom. The number of rotatable bonds is 8. The van der Waals surface area contributed by atoms with Gasteiger partial charge in [-0.3, -0.25) is 14.6 Å². The number of nitrogens with zero attached hydrogens (tertiary/aromatic N) is 2. The molecule has 1 fully saturated rings. The number of piperazine rings is 1. The molecule has 0 unspecified atom stereocenters. The first-order valence-electron chi connectivity index (χ1n) is 10.4. The molecule has 1 aliphatic rings. The summed E-state index contributed by atoms with van der Waals surface area (Å²) in [5.41, 5.74) is 1.65. The van der Waals surface area contributed by atoms with E-state index in [9.17, 15) is 14.3 Å². The number of hydrogen-bond donors (Lipinski definition) is 2. The number of carbonyl (C=O) groups excluding carboxylic acids is 1. The predicted octanol–water partition coefficient (Wildman–Crippen LogP) is 3.17. The summed E-state index contributed by atoms with van der Waals surface area (Å²) in [6.45, 7) is 6.86. The third kappa shape index (κ3) is 6.90. The highest BCUT2D eigenvalue weighted by Gasteiger charge is 2.26. The molecule has 0 aromatic heterocycles. The summed E-state index contributed by atoms with van der Waals surface area (Å²) in [6.07, 6.45) is -0.736. The van der Waals surface area contributed by atoms with Gasteiger partial charge >= 0.3 is 0 Å². The molecule has 2 atom stereocenters. The minimum atomic E-state index is -0.736. The topological polar surface area (TPSA) is 65.0 Å². The number of hydrogen-bond acceptors (Lipinski definition) is 5. The lowest BCUT2D eigenvalue weighted by molar-refractivity contribution is -0.118. The zero-order valence-corrected chi connectivity index (χ0v) is 18.6. The first kappa shape index (κ1) is 23.5. The zero-order chi connectivity index (χ0) is 22.4. The van der Waals surface area contributed by atoms with Crippen LogP contribution < -0.4 is 10.1 Å². The van der Waals surface area contributed by atoms with Crippen molar-refractivity contribution < 1.29 is 19.0 Å². The van der Waals surface area contributed by atoms with Crippen LogP contribution in [0.25, 0.3) is 0 Å². The van der Waals surface area contributed by atoms with E-state index in [0.29, 0.717) is 30.3 Å². The normalized spacial score (nSPS) is 18.5. The van der Waals surface area contributed by atoms with Gasteiger partial charge in [-0.25, -0.2) is 4.39 Å². The highest BCUT2D eigenvalue weighted by atomic mass is 35.5. The Kier molecular flexibility index (Phi) is 8.26. The molecular weight excluding hydrogens is 421 g/mol. The van der Waals surface area contributed by atoms with Gasteiger partial charge in [0, 0.05) is 32.2 Å². The lowest BCUT2D eigenvalue weighted by Crippen LogP contribution is -2.55. The average Bonchev–Trinajstić information content (AvgIpc) is 2.71. The van der Waals surface area contributed by atoms with Crippen LogP contribution in [0.15, 0.2) is 42.5 Å². The maximum atomic E-state index is 13.6. The van der Waals surface area contributed by atoms with E-state index >= 15 is 0 Å². The van der Waals surface area contributed by atoms with Gasteiger partial charge in [0.15, 0.2) is 11.6 Å². The SMILES string of the molecule is Cc1ccc(NC(=O)CN2CCN(C[C@H](O)COc3ccccc3F)[C@@H](C)C2)c(Cl)c1. The predicted molar refractivity (Wildman–Crippen MR) is 120 cm³/mol. The first-order valence-corrected chi connectivity index (χ1v) is 10.8. The Labute approximate surface area is 187 Å². The van der Waals surface area contributed by atoms with Crippen molar-refractivity contribution in [1.82, 2.24) is 9.80 Å². The van der Waals surface area contributed by atoms with Gasteiger partial charge in [0.25, 0.3) is 0 Å². The molecule has 0 saturated carbocycles. The number of anilines is 1. The van der Waals surface area contributed by atoms with Crippen LogP contribution in [0.2, 0.25) is 5.02 Å². The Hall–Kier alpha value is -2.19. The quantitative estimate of drug-likeness (QED) is 0.648. The van der Waals surface area contributed by atoms with Gasteiger partial charge in [0.1, 0.15) is 12.7 Å². The van der Waals surface area contributed by atoms with Crippen LogP contribution in [0.1, 0.15) is 12.5 Å². The van der Waals surface area contributed by atoms with E-state index in [0.717, 1.165) is 12.1 Å². The molecule has 2 N–H and O–H groups in total. The fourth-order valence-electron chi connectivity index (χ4n) is 3.67. The van der Waals surface area contributed by atoms with Crippen LogP contribution >= 0.6 is 11.6 Å². The number of nitrogens with one attached hydrogen (secondary N) is 1. The molecule has 0 radical (unpaired) electrons. The number of benzene rings is 2. The third-order valence-electron chi connectivity index (χ3n) is 5.33. The Morgan fingerprint density at radius 1 is 1.32 bits per heavy atom. The van der Waals surface area contributed by atoms with Crippen LogP contribution in [0.4, 0.5) is 10.1 Å². The highest BCUT2D eigenvalue weighted by molar-refractivity contribution is 6.33. The number of aliphatic hydroxyl groups is 1. The van der Waals surface area contributed by atoms with Crippen LogP contribution in [-0.4, -0.2) is 72.3 Å². The number of para-hydroxylation sites is 1. The zero-order valence-electron chi connectivity index (χ0n) is 17.9. The van der Waals surface area contributed by atoms with Crippen molar-refractivity contribution in [1.29, 1.82) is 0 Å². The Bertz CT molecular complexity index is 898. The van der Waals surface area contributed by atoms with Crippen LogP contribution in [0.5, 0.6) is 5.75 Å². The molecule has 1 amide bonds. The molecule has 0 spiro atoms.